The number of aromatic nitrogens is 3. The van der Waals surface area contributed by atoms with Crippen molar-refractivity contribution >= 4 is 40.7 Å². The Hall–Kier alpha value is -4.43. The Morgan fingerprint density at radius 1 is 1.00 bits per heavy atom. The number of likely N-dealkylation sites (tertiary alicyclic amines) is 1. The highest BCUT2D eigenvalue weighted by atomic mass is 32.1. The number of aryl methyl sites for hydroxylation is 1. The van der Waals surface area contributed by atoms with Gasteiger partial charge in [0.1, 0.15) is 12.1 Å². The van der Waals surface area contributed by atoms with Crippen LogP contribution in [0.5, 0.6) is 0 Å². The van der Waals surface area contributed by atoms with Crippen LogP contribution in [0.15, 0.2) is 42.2 Å². The molecule has 4 atom stereocenters. The van der Waals surface area contributed by atoms with Crippen LogP contribution in [0.1, 0.15) is 74.9 Å². The second kappa shape index (κ2) is 14.4. The molecule has 14 heteroatoms. The smallest absolute Gasteiger partial charge is 0.306 e. The van der Waals surface area contributed by atoms with Gasteiger partial charge in [-0.05, 0) is 43.2 Å². The molecule has 256 valence electrons. The van der Waals surface area contributed by atoms with E-state index >= 15 is 0 Å². The molecule has 13 nitrogen and oxygen atoms in total. The number of rotatable bonds is 9. The first kappa shape index (κ1) is 34.9. The lowest BCUT2D eigenvalue weighted by Crippen LogP contribution is -2.58. The molecule has 0 radical (unpaired) electrons. The zero-order chi connectivity index (χ0) is 34.7. The zero-order valence-electron chi connectivity index (χ0n) is 27.8. The minimum Gasteiger partial charge on any atom is -0.481 e. The number of nitrogens with one attached hydrogen (secondary N) is 2. The van der Waals surface area contributed by atoms with Crippen LogP contribution in [0.2, 0.25) is 0 Å². The molecule has 0 spiro atoms. The molecule has 3 amide bonds. The van der Waals surface area contributed by atoms with E-state index in [2.05, 4.69) is 25.6 Å². The second-order valence-electron chi connectivity index (χ2n) is 13.7. The summed E-state index contributed by atoms with van der Waals surface area (Å²) in [6.07, 6.45) is 3.24. The Kier molecular flexibility index (Phi) is 10.4. The number of amides is 3. The van der Waals surface area contributed by atoms with Crippen molar-refractivity contribution < 1.29 is 29.4 Å². The van der Waals surface area contributed by atoms with Crippen molar-refractivity contribution in [1.29, 1.82) is 0 Å². The highest BCUT2D eigenvalue weighted by Gasteiger charge is 2.45. The Bertz CT molecular complexity index is 1630. The second-order valence-corrected chi connectivity index (χ2v) is 14.5. The van der Waals surface area contributed by atoms with Crippen molar-refractivity contribution in [3.05, 3.63) is 59.3 Å². The predicted molar refractivity (Wildman–Crippen MR) is 180 cm³/mol. The number of carboxylic acids is 1. The molecule has 0 saturated carbocycles. The van der Waals surface area contributed by atoms with E-state index in [1.807, 2.05) is 69.3 Å². The summed E-state index contributed by atoms with van der Waals surface area (Å²) in [7, 11) is 0. The Balaban J connectivity index is 1.24. The number of aliphatic carboxylic acids is 1. The van der Waals surface area contributed by atoms with Crippen LogP contribution in [0, 0.1) is 18.3 Å². The number of hydrogen-bond donors (Lipinski definition) is 4. The number of carbonyl (C=O) groups excluding carboxylic acids is 3. The van der Waals surface area contributed by atoms with Crippen LogP contribution in [0.25, 0.3) is 10.4 Å². The molecular formula is C34H43N7O6S. The highest BCUT2D eigenvalue weighted by Crippen LogP contribution is 2.30. The average Bonchev–Trinajstić information content (AvgIpc) is 3.68. The standard InChI is InChI=1S/C34H43N7O6S/c1-19(21-6-8-22(9-7-21)27-20(2)37-18-48-27)38-30(43)26-14-25(42)17-41(26)32(45)28(34(3,4)5)39-31(44)29-35-15-24(16-36-29)40-12-10-23(11-13-40)33(46)47/h6-9,15-16,18-19,23,25-26,28,42H,10-14,17H2,1-5H3,(H,38,43)(H,39,44)(H,46,47)/t19-,25+,26-,28+/m0/s1. The van der Waals surface area contributed by atoms with Crippen molar-refractivity contribution in [2.75, 3.05) is 24.5 Å². The minimum absolute atomic E-state index is 0.0413. The van der Waals surface area contributed by atoms with Gasteiger partial charge in [0.25, 0.3) is 5.91 Å². The normalized spacial score (nSPS) is 19.9. The summed E-state index contributed by atoms with van der Waals surface area (Å²) < 4.78 is 0. The molecule has 2 saturated heterocycles. The maximum absolute atomic E-state index is 14.0. The summed E-state index contributed by atoms with van der Waals surface area (Å²) in [6, 6.07) is 5.57. The lowest BCUT2D eigenvalue weighted by atomic mass is 9.85. The van der Waals surface area contributed by atoms with E-state index in [1.54, 1.807) is 11.3 Å². The molecule has 5 rings (SSSR count). The van der Waals surface area contributed by atoms with Gasteiger partial charge in [-0.2, -0.15) is 0 Å². The Morgan fingerprint density at radius 3 is 2.21 bits per heavy atom. The quantitative estimate of drug-likeness (QED) is 0.263. The van der Waals surface area contributed by atoms with Crippen molar-refractivity contribution in [2.24, 2.45) is 11.3 Å². The average molecular weight is 678 g/mol. The summed E-state index contributed by atoms with van der Waals surface area (Å²) >= 11 is 1.57. The lowest BCUT2D eigenvalue weighted by molar-refractivity contribution is -0.142. The maximum Gasteiger partial charge on any atom is 0.306 e. The van der Waals surface area contributed by atoms with Crippen LogP contribution >= 0.6 is 11.3 Å². The van der Waals surface area contributed by atoms with Crippen LogP contribution in [-0.4, -0.2) is 91.6 Å². The van der Waals surface area contributed by atoms with Gasteiger partial charge in [-0.1, -0.05) is 45.0 Å². The molecule has 2 fully saturated rings. The largest absolute Gasteiger partial charge is 0.481 e. The number of carbonyl (C=O) groups is 4. The third-order valence-electron chi connectivity index (χ3n) is 9.08. The molecule has 1 aromatic carbocycles. The van der Waals surface area contributed by atoms with E-state index in [0.29, 0.717) is 31.6 Å². The Labute approximate surface area is 283 Å². The molecule has 4 N–H and O–H groups in total. The summed E-state index contributed by atoms with van der Waals surface area (Å²) in [5.41, 5.74) is 4.63. The number of thiazole rings is 1. The van der Waals surface area contributed by atoms with E-state index in [0.717, 1.165) is 21.7 Å². The third-order valence-corrected chi connectivity index (χ3v) is 10.1. The van der Waals surface area contributed by atoms with E-state index < -0.39 is 41.4 Å². The van der Waals surface area contributed by atoms with Crippen molar-refractivity contribution in [3.8, 4) is 10.4 Å². The van der Waals surface area contributed by atoms with Gasteiger partial charge in [0.15, 0.2) is 0 Å². The van der Waals surface area contributed by atoms with Crippen molar-refractivity contribution in [3.63, 3.8) is 0 Å². The predicted octanol–water partition coefficient (Wildman–Crippen LogP) is 3.19. The summed E-state index contributed by atoms with van der Waals surface area (Å²) in [4.78, 5) is 69.3. The summed E-state index contributed by atoms with van der Waals surface area (Å²) in [5, 5.41) is 25.6. The number of aliphatic hydroxyl groups is 1. The number of hydrogen-bond acceptors (Lipinski definition) is 10. The van der Waals surface area contributed by atoms with Gasteiger partial charge in [-0.3, -0.25) is 19.2 Å². The number of aliphatic hydroxyl groups excluding tert-OH is 1. The van der Waals surface area contributed by atoms with E-state index in [9.17, 15) is 29.4 Å². The van der Waals surface area contributed by atoms with Crippen molar-refractivity contribution in [1.82, 2.24) is 30.5 Å². The molecule has 0 unspecified atom stereocenters. The van der Waals surface area contributed by atoms with Crippen LogP contribution in [0.4, 0.5) is 5.69 Å². The first-order valence-electron chi connectivity index (χ1n) is 16.1. The minimum atomic E-state index is -1.04. The topological polar surface area (TPSA) is 178 Å². The summed E-state index contributed by atoms with van der Waals surface area (Å²) in [6.45, 7) is 10.3. The third kappa shape index (κ3) is 7.81. The SMILES string of the molecule is Cc1ncsc1-c1ccc([C@H](C)NC(=O)[C@@H]2C[C@@H](O)CN2C(=O)[C@@H](NC(=O)c2ncc(N3CCC(C(=O)O)CC3)cn2)C(C)(C)C)cc1. The van der Waals surface area contributed by atoms with Gasteiger partial charge >= 0.3 is 5.97 Å². The summed E-state index contributed by atoms with van der Waals surface area (Å²) in [5.74, 6) is -2.81. The van der Waals surface area contributed by atoms with Gasteiger partial charge in [0.05, 0.1) is 52.2 Å². The number of carboxylic acid groups (broad SMARTS) is 1. The van der Waals surface area contributed by atoms with Gasteiger partial charge in [-0.25, -0.2) is 15.0 Å². The van der Waals surface area contributed by atoms with Gasteiger partial charge in [0.2, 0.25) is 17.6 Å². The fraction of sp³-hybridized carbons (Fsp3) is 0.500. The van der Waals surface area contributed by atoms with E-state index in [4.69, 9.17) is 0 Å². The maximum atomic E-state index is 14.0. The lowest BCUT2D eigenvalue weighted by Gasteiger charge is -2.35. The Morgan fingerprint density at radius 2 is 1.65 bits per heavy atom. The fourth-order valence-electron chi connectivity index (χ4n) is 6.20. The van der Waals surface area contributed by atoms with Gasteiger partial charge in [0, 0.05) is 26.1 Å². The molecule has 2 aliphatic heterocycles. The van der Waals surface area contributed by atoms with E-state index in [-0.39, 0.29) is 36.7 Å². The van der Waals surface area contributed by atoms with Gasteiger partial charge < -0.3 is 30.6 Å². The number of nitrogens with zero attached hydrogens (tertiary/aromatic N) is 5. The van der Waals surface area contributed by atoms with Crippen LogP contribution < -0.4 is 15.5 Å². The van der Waals surface area contributed by atoms with Gasteiger partial charge in [-0.15, -0.1) is 11.3 Å². The van der Waals surface area contributed by atoms with Crippen LogP contribution in [0.3, 0.4) is 0 Å². The molecule has 0 bridgehead atoms. The molecular weight excluding hydrogens is 634 g/mol. The first-order chi connectivity index (χ1) is 22.7. The molecule has 2 aromatic heterocycles. The fourth-order valence-corrected chi connectivity index (χ4v) is 7.01. The first-order valence-corrected chi connectivity index (χ1v) is 17.0. The number of β-amino-alcohol motifs (C(OH)–C–C–N with tert-alkyl or cyclic N) is 1. The number of anilines is 1. The highest BCUT2D eigenvalue weighted by molar-refractivity contribution is 7.13. The molecule has 2 aliphatic rings. The van der Waals surface area contributed by atoms with Crippen LogP contribution in [-0.2, 0) is 14.4 Å². The van der Waals surface area contributed by atoms with Crippen molar-refractivity contribution in [2.45, 2.75) is 78.1 Å². The molecule has 3 aromatic rings. The molecule has 4 heterocycles. The molecule has 48 heavy (non-hydrogen) atoms. The molecule has 0 aliphatic carbocycles. The monoisotopic (exact) mass is 677 g/mol. The number of benzene rings is 1. The van der Waals surface area contributed by atoms with E-state index in [1.165, 1.54) is 17.3 Å². The zero-order valence-corrected chi connectivity index (χ0v) is 28.7. The number of piperidine rings is 1.